The predicted octanol–water partition coefficient (Wildman–Crippen LogP) is 1.82. The van der Waals surface area contributed by atoms with Gasteiger partial charge in [-0.1, -0.05) is 5.16 Å². The molecule has 0 aromatic heterocycles. The standard InChI is InChI=1S/C11H12F3NO5S/c1-18-8-4-3-7(5-9(8)19-2)10(11(12,13)14)15-20-6-21(16)17/h3-5H,6H2,1-2H3,(H,16,17)/p-1. The number of hydrogen-bond donors (Lipinski definition) is 0. The molecule has 0 amide bonds. The molecule has 1 unspecified atom stereocenters. The normalized spacial score (nSPS) is 13.7. The molecular formula is C11H11F3NO5S-. The van der Waals surface area contributed by atoms with Gasteiger partial charge in [0.05, 0.1) is 14.2 Å². The summed E-state index contributed by atoms with van der Waals surface area (Å²) in [5, 5.41) is 2.84. The van der Waals surface area contributed by atoms with Crippen LogP contribution >= 0.6 is 0 Å². The van der Waals surface area contributed by atoms with E-state index in [0.717, 1.165) is 12.1 Å². The summed E-state index contributed by atoms with van der Waals surface area (Å²) in [4.78, 5) is 4.15. The van der Waals surface area contributed by atoms with E-state index in [2.05, 4.69) is 9.99 Å². The number of ether oxygens (including phenoxy) is 2. The first kappa shape index (κ1) is 17.2. The molecule has 0 fully saturated rings. The lowest BCUT2D eigenvalue weighted by Crippen LogP contribution is -2.24. The number of hydrogen-bond acceptors (Lipinski definition) is 6. The molecule has 0 aliphatic carbocycles. The fraction of sp³-hybridized carbons (Fsp3) is 0.364. The van der Waals surface area contributed by atoms with Crippen LogP contribution in [0.4, 0.5) is 13.2 Å². The van der Waals surface area contributed by atoms with Crippen molar-refractivity contribution in [3.05, 3.63) is 23.8 Å². The van der Waals surface area contributed by atoms with Crippen LogP contribution in [0.25, 0.3) is 0 Å². The van der Waals surface area contributed by atoms with Gasteiger partial charge in [0.1, 0.15) is 0 Å². The number of alkyl halides is 3. The molecule has 21 heavy (non-hydrogen) atoms. The molecule has 6 nitrogen and oxygen atoms in total. The summed E-state index contributed by atoms with van der Waals surface area (Å²) in [6.45, 7) is 0. The zero-order valence-corrected chi connectivity index (χ0v) is 11.8. The van der Waals surface area contributed by atoms with Crippen molar-refractivity contribution in [2.24, 2.45) is 5.16 Å². The van der Waals surface area contributed by atoms with Gasteiger partial charge >= 0.3 is 6.18 Å². The minimum atomic E-state index is -4.83. The van der Waals surface area contributed by atoms with Crippen molar-refractivity contribution in [1.82, 2.24) is 0 Å². The minimum absolute atomic E-state index is 0.0688. The summed E-state index contributed by atoms with van der Waals surface area (Å²) in [5.74, 6) is -0.670. The molecule has 0 saturated carbocycles. The number of halogens is 3. The van der Waals surface area contributed by atoms with Gasteiger partial charge in [-0.15, -0.1) is 0 Å². The molecule has 0 aliphatic rings. The highest BCUT2D eigenvalue weighted by atomic mass is 32.2. The summed E-state index contributed by atoms with van der Waals surface area (Å²) >= 11 is -2.67. The molecule has 118 valence electrons. The molecule has 0 radical (unpaired) electrons. The average Bonchev–Trinajstić information content (AvgIpc) is 2.41. The van der Waals surface area contributed by atoms with Crippen LogP contribution < -0.4 is 9.47 Å². The lowest BCUT2D eigenvalue weighted by molar-refractivity contribution is -0.0610. The van der Waals surface area contributed by atoms with Gasteiger partial charge in [0.2, 0.25) is 0 Å². The molecule has 0 saturated heterocycles. The van der Waals surface area contributed by atoms with E-state index in [0.29, 0.717) is 0 Å². The Morgan fingerprint density at radius 3 is 2.38 bits per heavy atom. The molecule has 1 atom stereocenters. The van der Waals surface area contributed by atoms with Crippen LogP contribution in [0.1, 0.15) is 5.56 Å². The first-order valence-corrected chi connectivity index (χ1v) is 6.59. The van der Waals surface area contributed by atoms with Crippen molar-refractivity contribution in [2.45, 2.75) is 6.18 Å². The monoisotopic (exact) mass is 326 g/mol. The summed E-state index contributed by atoms with van der Waals surface area (Å²) in [6, 6.07) is 3.43. The van der Waals surface area contributed by atoms with Gasteiger partial charge in [0.25, 0.3) is 0 Å². The Morgan fingerprint density at radius 1 is 1.29 bits per heavy atom. The molecule has 0 spiro atoms. The van der Waals surface area contributed by atoms with Gasteiger partial charge in [-0.05, 0) is 29.3 Å². The lowest BCUT2D eigenvalue weighted by atomic mass is 10.1. The summed E-state index contributed by atoms with van der Waals surface area (Å²) in [7, 11) is 2.60. The van der Waals surface area contributed by atoms with Gasteiger partial charge in [0.15, 0.2) is 23.1 Å². The maximum atomic E-state index is 12.9. The molecular weight excluding hydrogens is 315 g/mol. The number of oxime groups is 1. The second kappa shape index (κ2) is 7.27. The summed E-state index contributed by atoms with van der Waals surface area (Å²) in [6.07, 6.45) is -4.83. The van der Waals surface area contributed by atoms with E-state index in [4.69, 9.17) is 9.47 Å². The Bertz CT molecular complexity index is 547. The second-order valence-corrected chi connectivity index (χ2v) is 4.40. The van der Waals surface area contributed by atoms with Gasteiger partial charge in [-0.3, -0.25) is 4.21 Å². The second-order valence-electron chi connectivity index (χ2n) is 3.56. The Morgan fingerprint density at radius 2 is 1.90 bits per heavy atom. The smallest absolute Gasteiger partial charge is 0.437 e. The fourth-order valence-electron chi connectivity index (χ4n) is 1.39. The lowest BCUT2D eigenvalue weighted by Gasteiger charge is -2.13. The largest absolute Gasteiger partial charge is 0.770 e. The third-order valence-corrected chi connectivity index (χ3v) is 2.53. The zero-order chi connectivity index (χ0) is 16.0. The van der Waals surface area contributed by atoms with Crippen LogP contribution in [0.2, 0.25) is 0 Å². The van der Waals surface area contributed by atoms with E-state index >= 15 is 0 Å². The number of benzene rings is 1. The predicted molar refractivity (Wildman–Crippen MR) is 67.0 cm³/mol. The Balaban J connectivity index is 3.18. The maximum Gasteiger partial charge on any atom is 0.437 e. The van der Waals surface area contributed by atoms with Crippen molar-refractivity contribution in [1.29, 1.82) is 0 Å². The van der Waals surface area contributed by atoms with Crippen LogP contribution in [0.3, 0.4) is 0 Å². The zero-order valence-electron chi connectivity index (χ0n) is 11.0. The van der Waals surface area contributed by atoms with Gasteiger partial charge in [0, 0.05) is 5.56 Å². The van der Waals surface area contributed by atoms with Crippen LogP contribution in [0.5, 0.6) is 11.5 Å². The molecule has 1 aromatic rings. The number of rotatable bonds is 6. The van der Waals surface area contributed by atoms with E-state index < -0.39 is 28.9 Å². The van der Waals surface area contributed by atoms with Crippen LogP contribution in [-0.4, -0.2) is 40.8 Å². The SMILES string of the molecule is COc1ccc(C(=NOCS(=O)[O-])C(F)(F)F)cc1OC. The third kappa shape index (κ3) is 4.90. The van der Waals surface area contributed by atoms with E-state index in [1.807, 2.05) is 0 Å². The molecule has 0 N–H and O–H groups in total. The third-order valence-electron chi connectivity index (χ3n) is 2.23. The van der Waals surface area contributed by atoms with E-state index in [9.17, 15) is 21.9 Å². The fourth-order valence-corrected chi connectivity index (χ4v) is 1.52. The van der Waals surface area contributed by atoms with Crippen molar-refractivity contribution in [2.75, 3.05) is 20.2 Å². The van der Waals surface area contributed by atoms with Gasteiger partial charge in [-0.2, -0.15) is 13.2 Å². The van der Waals surface area contributed by atoms with Crippen LogP contribution in [-0.2, 0) is 15.9 Å². The summed E-state index contributed by atoms with van der Waals surface area (Å²) < 4.78 is 69.0. The van der Waals surface area contributed by atoms with Gasteiger partial charge < -0.3 is 18.9 Å². The molecule has 0 bridgehead atoms. The highest BCUT2D eigenvalue weighted by Crippen LogP contribution is 2.31. The van der Waals surface area contributed by atoms with Crippen molar-refractivity contribution >= 4 is 16.8 Å². The Labute approximate surface area is 120 Å². The van der Waals surface area contributed by atoms with Crippen LogP contribution in [0, 0.1) is 0 Å². The average molecular weight is 326 g/mol. The van der Waals surface area contributed by atoms with Crippen molar-refractivity contribution in [3.8, 4) is 11.5 Å². The van der Waals surface area contributed by atoms with Crippen molar-refractivity contribution < 1.29 is 36.2 Å². The first-order chi connectivity index (χ1) is 9.79. The van der Waals surface area contributed by atoms with Gasteiger partial charge in [-0.25, -0.2) is 0 Å². The van der Waals surface area contributed by atoms with E-state index in [1.165, 1.54) is 20.3 Å². The van der Waals surface area contributed by atoms with Crippen LogP contribution in [0.15, 0.2) is 23.4 Å². The van der Waals surface area contributed by atoms with E-state index in [1.54, 1.807) is 0 Å². The molecule has 0 aliphatic heterocycles. The van der Waals surface area contributed by atoms with Crippen molar-refractivity contribution in [3.63, 3.8) is 0 Å². The molecule has 10 heteroatoms. The first-order valence-electron chi connectivity index (χ1n) is 5.35. The number of methoxy groups -OCH3 is 2. The topological polar surface area (TPSA) is 80.2 Å². The highest BCUT2D eigenvalue weighted by molar-refractivity contribution is 7.78. The Kier molecular flexibility index (Phi) is 5.97. The molecule has 0 heterocycles. The highest BCUT2D eigenvalue weighted by Gasteiger charge is 2.38. The van der Waals surface area contributed by atoms with E-state index in [-0.39, 0.29) is 17.1 Å². The minimum Gasteiger partial charge on any atom is -0.770 e. The molecule has 1 rings (SSSR count). The Hall–Kier alpha value is -1.81. The molecule has 1 aromatic carbocycles. The quantitative estimate of drug-likeness (QED) is 0.452. The number of nitrogens with zero attached hydrogens (tertiary/aromatic N) is 1. The summed E-state index contributed by atoms with van der Waals surface area (Å²) in [5.41, 5.74) is -1.73. The maximum absolute atomic E-state index is 12.9.